The summed E-state index contributed by atoms with van der Waals surface area (Å²) < 4.78 is 0. The van der Waals surface area contributed by atoms with Crippen LogP contribution in [0.5, 0.6) is 0 Å². The van der Waals surface area contributed by atoms with Gasteiger partial charge in [0, 0.05) is 51.0 Å². The fraction of sp³-hybridized carbons (Fsp3) is 0.375. The maximum atomic E-state index is 12.2. The number of carbonyl (C=O) groups excluding carboxylic acids is 1. The highest BCUT2D eigenvalue weighted by molar-refractivity contribution is 7.14. The van der Waals surface area contributed by atoms with E-state index in [9.17, 15) is 4.79 Å². The molecule has 3 heterocycles. The minimum absolute atomic E-state index is 0.0294. The molecule has 2 aromatic heterocycles. The molecule has 0 bridgehead atoms. The topological polar surface area (TPSA) is 48.5 Å². The van der Waals surface area contributed by atoms with Gasteiger partial charge in [-0.25, -0.2) is 4.79 Å². The number of pyridine rings is 1. The molecule has 1 saturated heterocycles. The second-order valence-corrected chi connectivity index (χ2v) is 6.15. The fourth-order valence-corrected chi connectivity index (χ4v) is 3.32. The Kier molecular flexibility index (Phi) is 4.90. The van der Waals surface area contributed by atoms with E-state index < -0.39 is 0 Å². The summed E-state index contributed by atoms with van der Waals surface area (Å²) in [5.74, 6) is 0. The summed E-state index contributed by atoms with van der Waals surface area (Å²) >= 11 is 1.75. The van der Waals surface area contributed by atoms with Gasteiger partial charge >= 0.3 is 6.03 Å². The van der Waals surface area contributed by atoms with Gasteiger partial charge in [0.25, 0.3) is 0 Å². The first kappa shape index (κ1) is 14.8. The monoisotopic (exact) mass is 316 g/mol. The zero-order valence-electron chi connectivity index (χ0n) is 12.4. The molecule has 3 rings (SSSR count). The van der Waals surface area contributed by atoms with Crippen LogP contribution in [-0.4, -0.2) is 48.6 Å². The molecular weight excluding hydrogens is 296 g/mol. The van der Waals surface area contributed by atoms with Crippen LogP contribution >= 0.6 is 11.3 Å². The number of piperazine rings is 1. The van der Waals surface area contributed by atoms with E-state index in [0.29, 0.717) is 6.54 Å². The molecule has 1 fully saturated rings. The average molecular weight is 316 g/mol. The maximum Gasteiger partial charge on any atom is 0.317 e. The molecule has 0 aromatic carbocycles. The smallest absolute Gasteiger partial charge is 0.317 e. The highest BCUT2D eigenvalue weighted by Crippen LogP contribution is 2.22. The van der Waals surface area contributed by atoms with Gasteiger partial charge in [-0.3, -0.25) is 4.98 Å². The van der Waals surface area contributed by atoms with Crippen LogP contribution in [-0.2, 0) is 6.42 Å². The molecule has 1 aliphatic heterocycles. The van der Waals surface area contributed by atoms with Crippen LogP contribution in [0.1, 0.15) is 5.69 Å². The van der Waals surface area contributed by atoms with E-state index >= 15 is 0 Å². The van der Waals surface area contributed by atoms with Crippen molar-refractivity contribution < 1.29 is 4.79 Å². The minimum Gasteiger partial charge on any atom is -0.360 e. The SMILES string of the molecule is O=C(NCCc1ccccn1)N1CCN(c2cccs2)CC1. The van der Waals surface area contributed by atoms with Crippen LogP contribution in [0, 0.1) is 0 Å². The largest absolute Gasteiger partial charge is 0.360 e. The number of hydrogen-bond donors (Lipinski definition) is 1. The Labute approximate surface area is 134 Å². The highest BCUT2D eigenvalue weighted by Gasteiger charge is 2.21. The van der Waals surface area contributed by atoms with Gasteiger partial charge in [-0.2, -0.15) is 0 Å². The van der Waals surface area contributed by atoms with Crippen LogP contribution in [0.25, 0.3) is 0 Å². The van der Waals surface area contributed by atoms with E-state index in [0.717, 1.165) is 38.3 Å². The molecule has 1 N–H and O–H groups in total. The Morgan fingerprint density at radius 3 is 2.73 bits per heavy atom. The molecule has 116 valence electrons. The number of urea groups is 1. The number of nitrogens with one attached hydrogen (secondary N) is 1. The van der Waals surface area contributed by atoms with Crippen molar-refractivity contribution in [1.82, 2.24) is 15.2 Å². The lowest BCUT2D eigenvalue weighted by atomic mass is 10.3. The van der Waals surface area contributed by atoms with E-state index in [2.05, 4.69) is 32.7 Å². The lowest BCUT2D eigenvalue weighted by molar-refractivity contribution is 0.194. The van der Waals surface area contributed by atoms with E-state index in [4.69, 9.17) is 0 Å². The van der Waals surface area contributed by atoms with Crippen molar-refractivity contribution in [1.29, 1.82) is 0 Å². The van der Waals surface area contributed by atoms with Crippen LogP contribution in [0.2, 0.25) is 0 Å². The lowest BCUT2D eigenvalue weighted by Crippen LogP contribution is -2.52. The molecule has 22 heavy (non-hydrogen) atoms. The zero-order chi connectivity index (χ0) is 15.2. The number of carbonyl (C=O) groups is 1. The molecule has 0 radical (unpaired) electrons. The zero-order valence-corrected chi connectivity index (χ0v) is 13.3. The molecule has 0 aliphatic carbocycles. The highest BCUT2D eigenvalue weighted by atomic mass is 32.1. The van der Waals surface area contributed by atoms with Crippen LogP contribution in [0.15, 0.2) is 41.9 Å². The van der Waals surface area contributed by atoms with Crippen molar-refractivity contribution >= 4 is 22.4 Å². The Bertz CT molecular complexity index is 579. The number of rotatable bonds is 4. The second kappa shape index (κ2) is 7.26. The summed E-state index contributed by atoms with van der Waals surface area (Å²) in [6, 6.07) is 10.1. The average Bonchev–Trinajstić information content (AvgIpc) is 3.10. The first-order valence-electron chi connectivity index (χ1n) is 7.54. The normalized spacial score (nSPS) is 14.9. The van der Waals surface area contributed by atoms with Crippen LogP contribution < -0.4 is 10.2 Å². The number of hydrogen-bond acceptors (Lipinski definition) is 4. The molecule has 5 nitrogen and oxygen atoms in total. The Morgan fingerprint density at radius 2 is 2.05 bits per heavy atom. The molecule has 2 amide bonds. The summed E-state index contributed by atoms with van der Waals surface area (Å²) in [5, 5.41) is 6.36. The summed E-state index contributed by atoms with van der Waals surface area (Å²) in [4.78, 5) is 20.6. The van der Waals surface area contributed by atoms with Crippen LogP contribution in [0.4, 0.5) is 9.80 Å². The van der Waals surface area contributed by atoms with E-state index in [1.54, 1.807) is 17.5 Å². The standard InChI is InChI=1S/C16H20N4OS/c21-16(18-8-6-14-4-1-2-7-17-14)20-11-9-19(10-12-20)15-5-3-13-22-15/h1-5,7,13H,6,8-12H2,(H,18,21). The summed E-state index contributed by atoms with van der Waals surface area (Å²) in [7, 11) is 0. The number of aromatic nitrogens is 1. The van der Waals surface area contributed by atoms with Crippen molar-refractivity contribution in [2.75, 3.05) is 37.6 Å². The van der Waals surface area contributed by atoms with Crippen LogP contribution in [0.3, 0.4) is 0 Å². The Balaban J connectivity index is 1.40. The molecule has 1 aliphatic rings. The number of amides is 2. The van der Waals surface area contributed by atoms with Crippen molar-refractivity contribution in [3.8, 4) is 0 Å². The lowest BCUT2D eigenvalue weighted by Gasteiger charge is -2.35. The maximum absolute atomic E-state index is 12.2. The van der Waals surface area contributed by atoms with Crippen molar-refractivity contribution in [3.05, 3.63) is 47.6 Å². The molecule has 0 spiro atoms. The molecule has 0 unspecified atom stereocenters. The quantitative estimate of drug-likeness (QED) is 0.941. The van der Waals surface area contributed by atoms with Crippen molar-refractivity contribution in [2.24, 2.45) is 0 Å². The summed E-state index contributed by atoms with van der Waals surface area (Å²) in [6.45, 7) is 3.96. The summed E-state index contributed by atoms with van der Waals surface area (Å²) in [6.07, 6.45) is 2.54. The predicted octanol–water partition coefficient (Wildman–Crippen LogP) is 2.22. The Hall–Kier alpha value is -2.08. The van der Waals surface area contributed by atoms with E-state index in [1.165, 1.54) is 5.00 Å². The molecule has 6 heteroatoms. The van der Waals surface area contributed by atoms with E-state index in [-0.39, 0.29) is 6.03 Å². The number of thiophene rings is 1. The summed E-state index contributed by atoms with van der Waals surface area (Å²) in [5.41, 5.74) is 1.00. The number of anilines is 1. The second-order valence-electron chi connectivity index (χ2n) is 5.23. The van der Waals surface area contributed by atoms with Gasteiger partial charge in [0.05, 0.1) is 5.00 Å². The van der Waals surface area contributed by atoms with Gasteiger partial charge in [-0.15, -0.1) is 11.3 Å². The van der Waals surface area contributed by atoms with Gasteiger partial charge in [0.1, 0.15) is 0 Å². The molecule has 0 atom stereocenters. The van der Waals surface area contributed by atoms with Crippen molar-refractivity contribution in [2.45, 2.75) is 6.42 Å². The van der Waals surface area contributed by atoms with E-state index in [1.807, 2.05) is 23.1 Å². The molecule has 0 saturated carbocycles. The van der Waals surface area contributed by atoms with Gasteiger partial charge < -0.3 is 15.1 Å². The van der Waals surface area contributed by atoms with Crippen molar-refractivity contribution in [3.63, 3.8) is 0 Å². The Morgan fingerprint density at radius 1 is 1.18 bits per heavy atom. The fourth-order valence-electron chi connectivity index (χ4n) is 2.54. The third-order valence-corrected chi connectivity index (χ3v) is 4.70. The molecular formula is C16H20N4OS. The number of nitrogens with zero attached hydrogens (tertiary/aromatic N) is 3. The third kappa shape index (κ3) is 3.76. The predicted molar refractivity (Wildman–Crippen MR) is 89.4 cm³/mol. The minimum atomic E-state index is 0.0294. The van der Waals surface area contributed by atoms with Gasteiger partial charge in [-0.05, 0) is 29.6 Å². The third-order valence-electron chi connectivity index (χ3n) is 3.77. The first-order valence-corrected chi connectivity index (χ1v) is 8.42. The van der Waals surface area contributed by atoms with Gasteiger partial charge in [-0.1, -0.05) is 6.07 Å². The van der Waals surface area contributed by atoms with Gasteiger partial charge in [0.15, 0.2) is 0 Å². The first-order chi connectivity index (χ1) is 10.8. The molecule has 2 aromatic rings. The van der Waals surface area contributed by atoms with Gasteiger partial charge in [0.2, 0.25) is 0 Å².